The topological polar surface area (TPSA) is 102 Å². The number of hydrogen-bond donors (Lipinski definition) is 2. The van der Waals surface area contributed by atoms with Crippen LogP contribution in [0.15, 0.2) is 18.2 Å². The summed E-state index contributed by atoms with van der Waals surface area (Å²) >= 11 is 0. The second kappa shape index (κ2) is 6.43. The van der Waals surface area contributed by atoms with Gasteiger partial charge in [0.2, 0.25) is 0 Å². The highest BCUT2D eigenvalue weighted by atomic mass is 16.6. The Morgan fingerprint density at radius 1 is 1.57 bits per heavy atom. The van der Waals surface area contributed by atoms with Crippen molar-refractivity contribution < 1.29 is 19.6 Å². The van der Waals surface area contributed by atoms with E-state index in [2.05, 4.69) is 5.32 Å². The second-order valence-electron chi connectivity index (χ2n) is 5.06. The molecule has 7 heteroatoms. The SMILES string of the molecule is CCCOc1cccc(NC(C(=O)O)C2CC2)c1[N+](=O)[O-]. The van der Waals surface area contributed by atoms with Crippen molar-refractivity contribution in [2.75, 3.05) is 11.9 Å². The fourth-order valence-corrected chi connectivity index (χ4v) is 2.13. The van der Waals surface area contributed by atoms with Gasteiger partial charge >= 0.3 is 11.7 Å². The van der Waals surface area contributed by atoms with Gasteiger partial charge in [-0.3, -0.25) is 10.1 Å². The molecule has 0 aromatic heterocycles. The number of nitrogens with zero attached hydrogens (tertiary/aromatic N) is 1. The fraction of sp³-hybridized carbons (Fsp3) is 0.500. The predicted molar refractivity (Wildman–Crippen MR) is 76.7 cm³/mol. The maximum Gasteiger partial charge on any atom is 0.333 e. The summed E-state index contributed by atoms with van der Waals surface area (Å²) in [6.45, 7) is 2.27. The van der Waals surface area contributed by atoms with E-state index in [1.54, 1.807) is 6.07 Å². The molecular weight excluding hydrogens is 276 g/mol. The number of anilines is 1. The smallest absolute Gasteiger partial charge is 0.333 e. The van der Waals surface area contributed by atoms with Crippen molar-refractivity contribution in [3.05, 3.63) is 28.3 Å². The van der Waals surface area contributed by atoms with Gasteiger partial charge in [-0.25, -0.2) is 4.79 Å². The van der Waals surface area contributed by atoms with E-state index in [4.69, 9.17) is 4.74 Å². The van der Waals surface area contributed by atoms with Crippen molar-refractivity contribution in [1.29, 1.82) is 0 Å². The molecule has 7 nitrogen and oxygen atoms in total. The summed E-state index contributed by atoms with van der Waals surface area (Å²) in [5.41, 5.74) is -0.0225. The van der Waals surface area contributed by atoms with Crippen molar-refractivity contribution >= 4 is 17.3 Å². The lowest BCUT2D eigenvalue weighted by atomic mass is 10.1. The highest BCUT2D eigenvalue weighted by Gasteiger charge is 2.37. The molecule has 0 radical (unpaired) electrons. The first-order chi connectivity index (χ1) is 10.0. The number of carboxylic acid groups (broad SMARTS) is 1. The van der Waals surface area contributed by atoms with Crippen LogP contribution in [0.1, 0.15) is 26.2 Å². The maximum atomic E-state index is 11.3. The number of ether oxygens (including phenoxy) is 1. The minimum absolute atomic E-state index is 0.0299. The summed E-state index contributed by atoms with van der Waals surface area (Å²) in [6.07, 6.45) is 2.38. The Kier molecular flexibility index (Phi) is 4.62. The van der Waals surface area contributed by atoms with Crippen molar-refractivity contribution in [3.8, 4) is 5.75 Å². The number of carboxylic acids is 1. The van der Waals surface area contributed by atoms with E-state index in [1.165, 1.54) is 12.1 Å². The zero-order valence-electron chi connectivity index (χ0n) is 11.7. The molecule has 0 spiro atoms. The summed E-state index contributed by atoms with van der Waals surface area (Å²) in [4.78, 5) is 22.0. The summed E-state index contributed by atoms with van der Waals surface area (Å²) in [5, 5.41) is 23.3. The van der Waals surface area contributed by atoms with E-state index in [0.29, 0.717) is 6.61 Å². The number of benzene rings is 1. The van der Waals surface area contributed by atoms with Gasteiger partial charge in [0.15, 0.2) is 5.75 Å². The molecule has 1 saturated carbocycles. The van der Waals surface area contributed by atoms with E-state index >= 15 is 0 Å². The van der Waals surface area contributed by atoms with Crippen LogP contribution in [0.5, 0.6) is 5.75 Å². The quantitative estimate of drug-likeness (QED) is 0.564. The Hall–Kier alpha value is -2.31. The van der Waals surface area contributed by atoms with Gasteiger partial charge in [0.1, 0.15) is 11.7 Å². The minimum atomic E-state index is -0.994. The molecule has 2 N–H and O–H groups in total. The Morgan fingerprint density at radius 2 is 2.29 bits per heavy atom. The van der Waals surface area contributed by atoms with Gasteiger partial charge in [0, 0.05) is 0 Å². The molecular formula is C14H18N2O5. The Bertz CT molecular complexity index is 542. The van der Waals surface area contributed by atoms with Gasteiger partial charge < -0.3 is 15.2 Å². The molecule has 1 fully saturated rings. The van der Waals surface area contributed by atoms with Gasteiger partial charge in [-0.15, -0.1) is 0 Å². The molecule has 1 aliphatic rings. The summed E-state index contributed by atoms with van der Waals surface area (Å²) in [7, 11) is 0. The monoisotopic (exact) mass is 294 g/mol. The molecule has 1 aromatic rings. The van der Waals surface area contributed by atoms with Crippen LogP contribution in [0.2, 0.25) is 0 Å². The molecule has 1 aliphatic carbocycles. The number of nitro benzene ring substituents is 1. The normalized spacial score (nSPS) is 15.3. The molecule has 1 atom stereocenters. The Labute approximate surface area is 122 Å². The summed E-state index contributed by atoms with van der Waals surface area (Å²) in [6, 6.07) is 3.85. The third-order valence-corrected chi connectivity index (χ3v) is 3.31. The van der Waals surface area contributed by atoms with Crippen LogP contribution in [-0.2, 0) is 4.79 Å². The summed E-state index contributed by atoms with van der Waals surface area (Å²) < 4.78 is 5.38. The molecule has 2 rings (SSSR count). The molecule has 0 amide bonds. The number of hydrogen-bond acceptors (Lipinski definition) is 5. The highest BCUT2D eigenvalue weighted by molar-refractivity contribution is 5.80. The number of aliphatic carboxylic acids is 1. The lowest BCUT2D eigenvalue weighted by Gasteiger charge is -2.16. The van der Waals surface area contributed by atoms with Crippen LogP contribution in [0.3, 0.4) is 0 Å². The zero-order valence-corrected chi connectivity index (χ0v) is 11.7. The predicted octanol–water partition coefficient (Wildman–Crippen LogP) is 2.66. The first-order valence-electron chi connectivity index (χ1n) is 6.94. The molecule has 1 aromatic carbocycles. The molecule has 0 saturated heterocycles. The van der Waals surface area contributed by atoms with Crippen molar-refractivity contribution in [1.82, 2.24) is 0 Å². The lowest BCUT2D eigenvalue weighted by molar-refractivity contribution is -0.385. The minimum Gasteiger partial charge on any atom is -0.487 e. The van der Waals surface area contributed by atoms with E-state index in [1.807, 2.05) is 6.92 Å². The molecule has 0 heterocycles. The van der Waals surface area contributed by atoms with Gasteiger partial charge in [-0.2, -0.15) is 0 Å². The number of rotatable bonds is 8. The van der Waals surface area contributed by atoms with Gasteiger partial charge in [-0.05, 0) is 37.3 Å². The maximum absolute atomic E-state index is 11.3. The fourth-order valence-electron chi connectivity index (χ4n) is 2.13. The molecule has 0 bridgehead atoms. The van der Waals surface area contributed by atoms with Crippen LogP contribution in [-0.4, -0.2) is 28.6 Å². The Balaban J connectivity index is 2.28. The highest BCUT2D eigenvalue weighted by Crippen LogP contribution is 2.39. The summed E-state index contributed by atoms with van der Waals surface area (Å²) in [5.74, 6) is -0.805. The standard InChI is InChI=1S/C14H18N2O5/c1-2-8-21-11-5-3-4-10(13(11)16(19)20)15-12(14(17)18)9-6-7-9/h3-5,9,12,15H,2,6-8H2,1H3,(H,17,18). The lowest BCUT2D eigenvalue weighted by Crippen LogP contribution is -2.31. The van der Waals surface area contributed by atoms with Crippen molar-refractivity contribution in [2.24, 2.45) is 5.92 Å². The molecule has 0 aliphatic heterocycles. The van der Waals surface area contributed by atoms with Crippen LogP contribution < -0.4 is 10.1 Å². The average molecular weight is 294 g/mol. The van der Waals surface area contributed by atoms with Crippen LogP contribution in [0.25, 0.3) is 0 Å². The van der Waals surface area contributed by atoms with E-state index in [9.17, 15) is 20.0 Å². The third kappa shape index (κ3) is 3.62. The average Bonchev–Trinajstić information content (AvgIpc) is 3.26. The Morgan fingerprint density at radius 3 is 2.81 bits per heavy atom. The van der Waals surface area contributed by atoms with E-state index in [0.717, 1.165) is 19.3 Å². The zero-order chi connectivity index (χ0) is 15.4. The van der Waals surface area contributed by atoms with E-state index < -0.39 is 16.9 Å². The number of carbonyl (C=O) groups is 1. The molecule has 1 unspecified atom stereocenters. The van der Waals surface area contributed by atoms with Crippen LogP contribution >= 0.6 is 0 Å². The molecule has 21 heavy (non-hydrogen) atoms. The number of nitro groups is 1. The van der Waals surface area contributed by atoms with Gasteiger partial charge in [0.05, 0.1) is 11.5 Å². The van der Waals surface area contributed by atoms with E-state index in [-0.39, 0.29) is 23.0 Å². The first-order valence-corrected chi connectivity index (χ1v) is 6.94. The second-order valence-corrected chi connectivity index (χ2v) is 5.06. The van der Waals surface area contributed by atoms with Crippen LogP contribution in [0.4, 0.5) is 11.4 Å². The van der Waals surface area contributed by atoms with Crippen molar-refractivity contribution in [2.45, 2.75) is 32.2 Å². The largest absolute Gasteiger partial charge is 0.487 e. The van der Waals surface area contributed by atoms with Crippen LogP contribution in [0, 0.1) is 16.0 Å². The number of para-hydroxylation sites is 1. The van der Waals surface area contributed by atoms with Gasteiger partial charge in [0.25, 0.3) is 0 Å². The third-order valence-electron chi connectivity index (χ3n) is 3.31. The van der Waals surface area contributed by atoms with Gasteiger partial charge in [-0.1, -0.05) is 13.0 Å². The first kappa shape index (κ1) is 15.1. The molecule has 114 valence electrons. The number of nitrogens with one attached hydrogen (secondary N) is 1. The van der Waals surface area contributed by atoms with Crippen molar-refractivity contribution in [3.63, 3.8) is 0 Å².